The van der Waals surface area contributed by atoms with Crippen molar-refractivity contribution in [1.82, 2.24) is 25.1 Å². The van der Waals surface area contributed by atoms with Crippen LogP contribution in [0.2, 0.25) is 0 Å². The van der Waals surface area contributed by atoms with Gasteiger partial charge in [-0.2, -0.15) is 0 Å². The van der Waals surface area contributed by atoms with Crippen molar-refractivity contribution in [2.45, 2.75) is 43.8 Å². The standard InChI is InChI=1S/C17H23N5OS/c1-4-15-14(13-7-5-12(2)6-8-13)9-10-22(15)16(23)11-24-17-18-19-20-21(17)3/h5-8,14-15H,4,9-11H2,1-3H3/t14-,15+/m1/s1. The third-order valence-corrected chi connectivity index (χ3v) is 5.69. The van der Waals surface area contributed by atoms with E-state index in [1.807, 2.05) is 4.90 Å². The Balaban J connectivity index is 1.66. The molecule has 1 aromatic carbocycles. The van der Waals surface area contributed by atoms with Gasteiger partial charge in [-0.3, -0.25) is 4.79 Å². The molecule has 1 amide bonds. The van der Waals surface area contributed by atoms with Crippen molar-refractivity contribution in [3.63, 3.8) is 0 Å². The molecule has 2 atom stereocenters. The number of carbonyl (C=O) groups is 1. The van der Waals surface area contributed by atoms with Crippen molar-refractivity contribution < 1.29 is 4.79 Å². The molecule has 0 unspecified atom stereocenters. The van der Waals surface area contributed by atoms with Crippen LogP contribution in [0.3, 0.4) is 0 Å². The minimum absolute atomic E-state index is 0.171. The smallest absolute Gasteiger partial charge is 0.233 e. The van der Waals surface area contributed by atoms with Gasteiger partial charge in [-0.1, -0.05) is 48.5 Å². The van der Waals surface area contributed by atoms with E-state index in [0.717, 1.165) is 19.4 Å². The van der Waals surface area contributed by atoms with Gasteiger partial charge in [0.1, 0.15) is 0 Å². The summed E-state index contributed by atoms with van der Waals surface area (Å²) in [6.45, 7) is 5.09. The number of likely N-dealkylation sites (tertiary alicyclic amines) is 1. The molecule has 0 aliphatic carbocycles. The van der Waals surface area contributed by atoms with Crippen LogP contribution in [-0.2, 0) is 11.8 Å². The lowest BCUT2D eigenvalue weighted by Gasteiger charge is -2.27. The van der Waals surface area contributed by atoms with Crippen LogP contribution in [0, 0.1) is 6.92 Å². The van der Waals surface area contributed by atoms with E-state index in [4.69, 9.17) is 0 Å². The lowest BCUT2D eigenvalue weighted by molar-refractivity contribution is -0.129. The number of nitrogens with zero attached hydrogens (tertiary/aromatic N) is 5. The van der Waals surface area contributed by atoms with Crippen LogP contribution in [0.4, 0.5) is 0 Å². The summed E-state index contributed by atoms with van der Waals surface area (Å²) >= 11 is 1.40. The van der Waals surface area contributed by atoms with Gasteiger partial charge in [0.05, 0.1) is 5.75 Å². The molecule has 6 nitrogen and oxygen atoms in total. The van der Waals surface area contributed by atoms with Crippen LogP contribution < -0.4 is 0 Å². The fraction of sp³-hybridized carbons (Fsp3) is 0.529. The van der Waals surface area contributed by atoms with Gasteiger partial charge in [0, 0.05) is 25.6 Å². The molecule has 0 N–H and O–H groups in total. The summed E-state index contributed by atoms with van der Waals surface area (Å²) in [6, 6.07) is 9.00. The van der Waals surface area contributed by atoms with E-state index in [2.05, 4.69) is 53.6 Å². The van der Waals surface area contributed by atoms with Crippen LogP contribution in [0.15, 0.2) is 29.4 Å². The second-order valence-corrected chi connectivity index (χ2v) is 7.18. The van der Waals surface area contributed by atoms with E-state index in [0.29, 0.717) is 16.8 Å². The van der Waals surface area contributed by atoms with E-state index in [9.17, 15) is 4.79 Å². The van der Waals surface area contributed by atoms with Gasteiger partial charge >= 0.3 is 0 Å². The van der Waals surface area contributed by atoms with Gasteiger partial charge in [-0.25, -0.2) is 4.68 Å². The van der Waals surface area contributed by atoms with Crippen LogP contribution in [0.25, 0.3) is 0 Å². The predicted octanol–water partition coefficient (Wildman–Crippen LogP) is 2.41. The number of thioether (sulfide) groups is 1. The third-order valence-electron chi connectivity index (χ3n) is 4.70. The molecule has 7 heteroatoms. The number of rotatable bonds is 5. The molecule has 24 heavy (non-hydrogen) atoms. The Morgan fingerprint density at radius 3 is 2.71 bits per heavy atom. The topological polar surface area (TPSA) is 63.9 Å². The second kappa shape index (κ2) is 7.34. The average Bonchev–Trinajstić information content (AvgIpc) is 3.19. The van der Waals surface area contributed by atoms with Crippen molar-refractivity contribution >= 4 is 17.7 Å². The van der Waals surface area contributed by atoms with Crippen molar-refractivity contribution in [2.75, 3.05) is 12.3 Å². The maximum atomic E-state index is 12.7. The Hall–Kier alpha value is -1.89. The molecule has 1 saturated heterocycles. The molecule has 0 saturated carbocycles. The minimum Gasteiger partial charge on any atom is -0.338 e. The molecule has 1 aliphatic heterocycles. The number of aryl methyl sites for hydroxylation is 2. The van der Waals surface area contributed by atoms with Gasteiger partial charge in [0.25, 0.3) is 0 Å². The molecular formula is C17H23N5OS. The third kappa shape index (κ3) is 3.45. The number of aromatic nitrogens is 4. The molecule has 128 valence electrons. The maximum Gasteiger partial charge on any atom is 0.233 e. The summed E-state index contributed by atoms with van der Waals surface area (Å²) in [6.07, 6.45) is 2.00. The number of amides is 1. The number of carbonyl (C=O) groups excluding carboxylic acids is 1. The van der Waals surface area contributed by atoms with Crippen LogP contribution in [0.5, 0.6) is 0 Å². The average molecular weight is 345 g/mol. The highest BCUT2D eigenvalue weighted by atomic mass is 32.2. The van der Waals surface area contributed by atoms with Crippen LogP contribution >= 0.6 is 11.8 Å². The molecule has 1 aliphatic rings. The molecule has 0 radical (unpaired) electrons. The summed E-state index contributed by atoms with van der Waals surface area (Å²) in [4.78, 5) is 14.7. The monoisotopic (exact) mass is 345 g/mol. The highest BCUT2D eigenvalue weighted by Gasteiger charge is 2.36. The number of tetrazole rings is 1. The molecule has 2 heterocycles. The summed E-state index contributed by atoms with van der Waals surface area (Å²) < 4.78 is 1.59. The van der Waals surface area contributed by atoms with E-state index in [1.165, 1.54) is 22.9 Å². The normalized spacial score (nSPS) is 20.5. The van der Waals surface area contributed by atoms with Crippen molar-refractivity contribution in [3.05, 3.63) is 35.4 Å². The SMILES string of the molecule is CC[C@H]1[C@@H](c2ccc(C)cc2)CCN1C(=O)CSc1nnnn1C. The highest BCUT2D eigenvalue weighted by molar-refractivity contribution is 7.99. The molecule has 3 rings (SSSR count). The lowest BCUT2D eigenvalue weighted by Crippen LogP contribution is -2.38. The number of benzene rings is 1. The van der Waals surface area contributed by atoms with E-state index < -0.39 is 0 Å². The van der Waals surface area contributed by atoms with Crippen LogP contribution in [0.1, 0.15) is 36.8 Å². The summed E-state index contributed by atoms with van der Waals surface area (Å²) in [7, 11) is 1.78. The van der Waals surface area contributed by atoms with Crippen molar-refractivity contribution in [1.29, 1.82) is 0 Å². The number of hydrogen-bond donors (Lipinski definition) is 0. The largest absolute Gasteiger partial charge is 0.338 e. The van der Waals surface area contributed by atoms with Gasteiger partial charge < -0.3 is 4.90 Å². The van der Waals surface area contributed by atoms with Crippen molar-refractivity contribution in [3.8, 4) is 0 Å². The Morgan fingerprint density at radius 1 is 1.33 bits per heavy atom. The van der Waals surface area contributed by atoms with Crippen molar-refractivity contribution in [2.24, 2.45) is 7.05 Å². The fourth-order valence-electron chi connectivity index (χ4n) is 3.42. The predicted molar refractivity (Wildman–Crippen MR) is 93.9 cm³/mol. The quantitative estimate of drug-likeness (QED) is 0.779. The van der Waals surface area contributed by atoms with E-state index in [-0.39, 0.29) is 11.9 Å². The molecule has 2 aromatic rings. The zero-order chi connectivity index (χ0) is 17.1. The first-order valence-electron chi connectivity index (χ1n) is 8.31. The molecule has 1 fully saturated rings. The first-order valence-corrected chi connectivity index (χ1v) is 9.30. The maximum absolute atomic E-state index is 12.7. The van der Waals surface area contributed by atoms with E-state index >= 15 is 0 Å². The number of hydrogen-bond acceptors (Lipinski definition) is 5. The Labute approximate surface area is 146 Å². The zero-order valence-corrected chi connectivity index (χ0v) is 15.2. The lowest BCUT2D eigenvalue weighted by atomic mass is 9.90. The fourth-order valence-corrected chi connectivity index (χ4v) is 4.16. The Kier molecular flexibility index (Phi) is 5.18. The molecular weight excluding hydrogens is 322 g/mol. The Bertz CT molecular complexity index is 699. The summed E-state index contributed by atoms with van der Waals surface area (Å²) in [5.41, 5.74) is 2.61. The van der Waals surface area contributed by atoms with Gasteiger partial charge in [-0.15, -0.1) is 5.10 Å². The van der Waals surface area contributed by atoms with Gasteiger partial charge in [0.2, 0.25) is 11.1 Å². The Morgan fingerprint density at radius 2 is 2.08 bits per heavy atom. The van der Waals surface area contributed by atoms with E-state index in [1.54, 1.807) is 11.7 Å². The van der Waals surface area contributed by atoms with Gasteiger partial charge in [-0.05, 0) is 35.8 Å². The molecule has 1 aromatic heterocycles. The first kappa shape index (κ1) is 17.0. The van der Waals surface area contributed by atoms with Gasteiger partial charge in [0.15, 0.2) is 0 Å². The minimum atomic E-state index is 0.171. The first-order chi connectivity index (χ1) is 11.6. The second-order valence-electron chi connectivity index (χ2n) is 6.24. The molecule has 0 bridgehead atoms. The van der Waals surface area contributed by atoms with Crippen LogP contribution in [-0.4, -0.2) is 49.4 Å². The molecule has 0 spiro atoms. The summed E-state index contributed by atoms with van der Waals surface area (Å²) in [5, 5.41) is 12.0. The summed E-state index contributed by atoms with van der Waals surface area (Å²) in [5.74, 6) is 0.983. The highest BCUT2D eigenvalue weighted by Crippen LogP contribution is 2.35. The zero-order valence-electron chi connectivity index (χ0n) is 14.3.